The van der Waals surface area contributed by atoms with Gasteiger partial charge in [0, 0.05) is 6.54 Å². The molecule has 1 amide bonds. The van der Waals surface area contributed by atoms with Crippen LogP contribution >= 0.6 is 0 Å². The molecule has 7 nitrogen and oxygen atoms in total. The monoisotopic (exact) mass is 320 g/mol. The predicted octanol–water partition coefficient (Wildman–Crippen LogP) is 0.416. The first-order chi connectivity index (χ1) is 9.61. The van der Waals surface area contributed by atoms with Crippen LogP contribution in [-0.2, 0) is 19.6 Å². The number of aliphatic carboxylic acids is 1. The molecule has 2 unspecified atom stereocenters. The van der Waals surface area contributed by atoms with Crippen LogP contribution in [0.25, 0.3) is 0 Å². The summed E-state index contributed by atoms with van der Waals surface area (Å²) in [5.74, 6) is -1.37. The normalized spacial score (nSPS) is 21.3. The summed E-state index contributed by atoms with van der Waals surface area (Å²) in [4.78, 5) is 25.1. The van der Waals surface area contributed by atoms with E-state index < -0.39 is 34.0 Å². The van der Waals surface area contributed by atoms with Crippen LogP contribution < -0.4 is 4.72 Å². The van der Waals surface area contributed by atoms with E-state index in [1.54, 1.807) is 0 Å². The lowest BCUT2D eigenvalue weighted by atomic mass is 9.98. The molecule has 0 aromatic rings. The van der Waals surface area contributed by atoms with E-state index in [9.17, 15) is 23.1 Å². The third-order valence-corrected chi connectivity index (χ3v) is 4.15. The molecule has 8 heteroatoms. The molecule has 1 rings (SSSR count). The maximum atomic E-state index is 12.6. The Morgan fingerprint density at radius 1 is 1.33 bits per heavy atom. The van der Waals surface area contributed by atoms with Gasteiger partial charge >= 0.3 is 5.97 Å². The summed E-state index contributed by atoms with van der Waals surface area (Å²) in [6.45, 7) is 4.13. The molecule has 0 spiro atoms. The number of piperidine rings is 1. The van der Waals surface area contributed by atoms with E-state index in [2.05, 4.69) is 4.72 Å². The zero-order chi connectivity index (χ0) is 16.2. The summed E-state index contributed by atoms with van der Waals surface area (Å²) in [6, 6.07) is -1.76. The number of nitrogens with zero attached hydrogens (tertiary/aromatic N) is 1. The minimum Gasteiger partial charge on any atom is -0.480 e. The highest BCUT2D eigenvalue weighted by Gasteiger charge is 2.36. The zero-order valence-corrected chi connectivity index (χ0v) is 13.5. The van der Waals surface area contributed by atoms with Gasteiger partial charge in [-0.2, -0.15) is 0 Å². The van der Waals surface area contributed by atoms with E-state index in [1.807, 2.05) is 13.8 Å². The number of carbonyl (C=O) groups is 2. The van der Waals surface area contributed by atoms with Crippen molar-refractivity contribution in [2.24, 2.45) is 5.92 Å². The Kier molecular flexibility index (Phi) is 6.15. The SMILES string of the molecule is CC(C)CC(NS(C)(=O)=O)C(=O)N1CCCCC1C(=O)O. The van der Waals surface area contributed by atoms with Crippen molar-refractivity contribution in [1.29, 1.82) is 0 Å². The third-order valence-electron chi connectivity index (χ3n) is 3.43. The van der Waals surface area contributed by atoms with Crippen molar-refractivity contribution in [2.75, 3.05) is 12.8 Å². The molecule has 0 radical (unpaired) electrons. The molecule has 0 aromatic heterocycles. The molecule has 122 valence electrons. The maximum absolute atomic E-state index is 12.6. The van der Waals surface area contributed by atoms with Gasteiger partial charge in [0.1, 0.15) is 12.1 Å². The first-order valence-corrected chi connectivity index (χ1v) is 9.01. The summed E-state index contributed by atoms with van der Waals surface area (Å²) in [7, 11) is -3.54. The molecule has 0 saturated carbocycles. The Hall–Kier alpha value is -1.15. The van der Waals surface area contributed by atoms with E-state index in [0.717, 1.165) is 19.1 Å². The number of likely N-dealkylation sites (tertiary alicyclic amines) is 1. The summed E-state index contributed by atoms with van der Waals surface area (Å²) in [5.41, 5.74) is 0. The van der Waals surface area contributed by atoms with Gasteiger partial charge in [-0.25, -0.2) is 17.9 Å². The van der Waals surface area contributed by atoms with Gasteiger partial charge in [-0.1, -0.05) is 13.8 Å². The summed E-state index contributed by atoms with van der Waals surface area (Å²) < 4.78 is 25.2. The molecule has 2 N–H and O–H groups in total. The van der Waals surface area contributed by atoms with Crippen LogP contribution in [0, 0.1) is 5.92 Å². The minimum atomic E-state index is -3.54. The molecule has 0 bridgehead atoms. The number of carboxylic acids is 1. The lowest BCUT2D eigenvalue weighted by molar-refractivity contribution is -0.152. The fraction of sp³-hybridized carbons (Fsp3) is 0.846. The van der Waals surface area contributed by atoms with Crippen LogP contribution in [0.5, 0.6) is 0 Å². The standard InChI is InChI=1S/C13H24N2O5S/c1-9(2)8-10(14-21(3,19)20)12(16)15-7-5-4-6-11(15)13(17)18/h9-11,14H,4-8H2,1-3H3,(H,17,18). The number of sulfonamides is 1. The molecule has 1 aliphatic heterocycles. The van der Waals surface area contributed by atoms with Gasteiger partial charge in [-0.15, -0.1) is 0 Å². The summed E-state index contributed by atoms with van der Waals surface area (Å²) in [6.07, 6.45) is 3.25. The highest BCUT2D eigenvalue weighted by atomic mass is 32.2. The van der Waals surface area contributed by atoms with Gasteiger partial charge in [0.15, 0.2) is 0 Å². The van der Waals surface area contributed by atoms with E-state index >= 15 is 0 Å². The number of nitrogens with one attached hydrogen (secondary N) is 1. The third kappa shape index (κ3) is 5.62. The lowest BCUT2D eigenvalue weighted by Gasteiger charge is -2.35. The molecule has 1 saturated heterocycles. The van der Waals surface area contributed by atoms with Crippen molar-refractivity contribution in [3.8, 4) is 0 Å². The number of hydrogen-bond acceptors (Lipinski definition) is 4. The Bertz CT molecular complexity index is 489. The second-order valence-electron chi connectivity index (χ2n) is 5.95. The van der Waals surface area contributed by atoms with E-state index in [1.165, 1.54) is 4.90 Å². The Balaban J connectivity index is 2.94. The van der Waals surface area contributed by atoms with Gasteiger partial charge in [-0.3, -0.25) is 4.79 Å². The van der Waals surface area contributed by atoms with Gasteiger partial charge in [-0.05, 0) is 31.6 Å². The van der Waals surface area contributed by atoms with E-state index in [0.29, 0.717) is 19.4 Å². The number of carbonyl (C=O) groups excluding carboxylic acids is 1. The molecule has 1 fully saturated rings. The number of carboxylic acid groups (broad SMARTS) is 1. The average molecular weight is 320 g/mol. The van der Waals surface area contributed by atoms with Crippen molar-refractivity contribution in [3.05, 3.63) is 0 Å². The van der Waals surface area contributed by atoms with Crippen molar-refractivity contribution in [2.45, 2.75) is 51.6 Å². The second kappa shape index (κ2) is 7.22. The highest BCUT2D eigenvalue weighted by Crippen LogP contribution is 2.20. The number of amides is 1. The van der Waals surface area contributed by atoms with Crippen molar-refractivity contribution >= 4 is 21.9 Å². The Morgan fingerprint density at radius 2 is 1.95 bits per heavy atom. The van der Waals surface area contributed by atoms with Crippen molar-refractivity contribution in [1.82, 2.24) is 9.62 Å². The van der Waals surface area contributed by atoms with Crippen LogP contribution in [0.1, 0.15) is 39.5 Å². The quantitative estimate of drug-likeness (QED) is 0.738. The largest absolute Gasteiger partial charge is 0.480 e. The molecule has 1 heterocycles. The lowest BCUT2D eigenvalue weighted by Crippen LogP contribution is -2.55. The van der Waals surface area contributed by atoms with Crippen LogP contribution in [0.2, 0.25) is 0 Å². The highest BCUT2D eigenvalue weighted by molar-refractivity contribution is 7.88. The van der Waals surface area contributed by atoms with Crippen LogP contribution in [0.15, 0.2) is 0 Å². The first-order valence-electron chi connectivity index (χ1n) is 7.12. The van der Waals surface area contributed by atoms with Gasteiger partial charge in [0.05, 0.1) is 6.26 Å². The molecule has 0 aliphatic carbocycles. The van der Waals surface area contributed by atoms with Crippen molar-refractivity contribution < 1.29 is 23.1 Å². The maximum Gasteiger partial charge on any atom is 0.326 e. The Labute approximate surface area is 125 Å². The average Bonchev–Trinajstić information content (AvgIpc) is 2.34. The summed E-state index contributed by atoms with van der Waals surface area (Å²) >= 11 is 0. The molecular formula is C13H24N2O5S. The smallest absolute Gasteiger partial charge is 0.326 e. The van der Waals surface area contributed by atoms with E-state index in [4.69, 9.17) is 0 Å². The van der Waals surface area contributed by atoms with Gasteiger partial charge in [0.25, 0.3) is 0 Å². The van der Waals surface area contributed by atoms with Gasteiger partial charge in [0.2, 0.25) is 15.9 Å². The van der Waals surface area contributed by atoms with E-state index in [-0.39, 0.29) is 5.92 Å². The first kappa shape index (κ1) is 17.9. The van der Waals surface area contributed by atoms with Crippen molar-refractivity contribution in [3.63, 3.8) is 0 Å². The topological polar surface area (TPSA) is 104 Å². The molecule has 2 atom stereocenters. The zero-order valence-electron chi connectivity index (χ0n) is 12.7. The fourth-order valence-electron chi connectivity index (χ4n) is 2.58. The van der Waals surface area contributed by atoms with Crippen LogP contribution in [-0.4, -0.2) is 55.2 Å². The predicted molar refractivity (Wildman–Crippen MR) is 78.2 cm³/mol. The second-order valence-corrected chi connectivity index (χ2v) is 7.73. The van der Waals surface area contributed by atoms with Crippen LogP contribution in [0.3, 0.4) is 0 Å². The van der Waals surface area contributed by atoms with Gasteiger partial charge < -0.3 is 10.0 Å². The minimum absolute atomic E-state index is 0.112. The number of hydrogen-bond donors (Lipinski definition) is 2. The van der Waals surface area contributed by atoms with Crippen LogP contribution in [0.4, 0.5) is 0 Å². The molecule has 1 aliphatic rings. The fourth-order valence-corrected chi connectivity index (χ4v) is 3.30. The number of rotatable bonds is 6. The molecule has 0 aromatic carbocycles. The Morgan fingerprint density at radius 3 is 2.43 bits per heavy atom. The summed E-state index contributed by atoms with van der Waals surface area (Å²) in [5, 5.41) is 9.22. The molecule has 21 heavy (non-hydrogen) atoms. The molecular weight excluding hydrogens is 296 g/mol.